The number of hydrogen-bond donors (Lipinski definition) is 0. The molecule has 3 nitrogen and oxygen atoms in total. The zero-order chi connectivity index (χ0) is 14.9. The highest BCUT2D eigenvalue weighted by Crippen LogP contribution is 2.29. The highest BCUT2D eigenvalue weighted by Gasteiger charge is 2.19. The lowest BCUT2D eigenvalue weighted by molar-refractivity contribution is 0.0994. The van der Waals surface area contributed by atoms with E-state index in [1.54, 1.807) is 0 Å². The fourth-order valence-corrected chi connectivity index (χ4v) is 4.20. The third kappa shape index (κ3) is 3.07. The molecule has 20 heavy (non-hydrogen) atoms. The summed E-state index contributed by atoms with van der Waals surface area (Å²) in [7, 11) is 0. The molecular formula is C14H16Br2N2OS. The third-order valence-corrected chi connectivity index (χ3v) is 6.25. The zero-order valence-corrected chi connectivity index (χ0v) is 15.7. The Bertz CT molecular complexity index is 626. The highest BCUT2D eigenvalue weighted by atomic mass is 79.9. The van der Waals surface area contributed by atoms with Crippen molar-refractivity contribution in [3.05, 3.63) is 36.2 Å². The van der Waals surface area contributed by atoms with Gasteiger partial charge in [-0.05, 0) is 63.8 Å². The average molecular weight is 420 g/mol. The van der Waals surface area contributed by atoms with Crippen molar-refractivity contribution >= 4 is 49.0 Å². The Morgan fingerprint density at radius 3 is 2.60 bits per heavy atom. The van der Waals surface area contributed by atoms with Crippen molar-refractivity contribution in [2.24, 2.45) is 0 Å². The number of carbonyl (C=O) groups excluding carboxylic acids is 1. The van der Waals surface area contributed by atoms with Crippen LogP contribution in [-0.2, 0) is 19.4 Å². The molecule has 2 heterocycles. The quantitative estimate of drug-likeness (QED) is 0.653. The standard InChI is InChI=1S/C14H16Br2N2OS/c1-4-9-13(15)10(18(5-2)17-9)7-11(19)12-6-8(3)14(16)20-12/h6H,4-5,7H2,1-3H3. The largest absolute Gasteiger partial charge is 0.293 e. The van der Waals surface area contributed by atoms with E-state index in [4.69, 9.17) is 0 Å². The Kier molecular flexibility index (Phi) is 5.20. The molecule has 0 aliphatic rings. The van der Waals surface area contributed by atoms with Crippen LogP contribution in [0.4, 0.5) is 0 Å². The third-order valence-electron chi connectivity index (χ3n) is 3.15. The molecule has 0 fully saturated rings. The Morgan fingerprint density at radius 1 is 1.40 bits per heavy atom. The summed E-state index contributed by atoms with van der Waals surface area (Å²) in [6, 6.07) is 1.94. The first-order chi connectivity index (χ1) is 9.47. The van der Waals surface area contributed by atoms with E-state index in [0.29, 0.717) is 6.42 Å². The Balaban J connectivity index is 2.29. The normalized spacial score (nSPS) is 11.1. The van der Waals surface area contributed by atoms with Crippen molar-refractivity contribution in [1.29, 1.82) is 0 Å². The van der Waals surface area contributed by atoms with Gasteiger partial charge in [0.15, 0.2) is 5.78 Å². The number of hydrogen-bond acceptors (Lipinski definition) is 3. The first-order valence-corrected chi connectivity index (χ1v) is 8.91. The van der Waals surface area contributed by atoms with Gasteiger partial charge < -0.3 is 0 Å². The maximum atomic E-state index is 12.4. The Morgan fingerprint density at radius 2 is 2.10 bits per heavy atom. The number of aryl methyl sites for hydroxylation is 3. The number of rotatable bonds is 5. The van der Waals surface area contributed by atoms with Gasteiger partial charge >= 0.3 is 0 Å². The second-order valence-corrected chi connectivity index (χ2v) is 7.71. The van der Waals surface area contributed by atoms with E-state index in [-0.39, 0.29) is 5.78 Å². The summed E-state index contributed by atoms with van der Waals surface area (Å²) in [5.74, 6) is 0.141. The minimum absolute atomic E-state index is 0.141. The average Bonchev–Trinajstić information content (AvgIpc) is 2.92. The van der Waals surface area contributed by atoms with E-state index in [1.807, 2.05) is 24.6 Å². The summed E-state index contributed by atoms with van der Waals surface area (Å²) < 4.78 is 3.91. The van der Waals surface area contributed by atoms with Crippen molar-refractivity contribution in [3.8, 4) is 0 Å². The topological polar surface area (TPSA) is 34.9 Å². The Hall–Kier alpha value is -0.460. The van der Waals surface area contributed by atoms with E-state index in [9.17, 15) is 4.79 Å². The summed E-state index contributed by atoms with van der Waals surface area (Å²) in [4.78, 5) is 13.2. The molecule has 0 amide bonds. The predicted octanol–water partition coefficient (Wildman–Crippen LogP) is 4.79. The van der Waals surface area contributed by atoms with Crippen LogP contribution < -0.4 is 0 Å². The van der Waals surface area contributed by atoms with Crippen LogP contribution in [0.3, 0.4) is 0 Å². The molecule has 0 aliphatic heterocycles. The fraction of sp³-hybridized carbons (Fsp3) is 0.429. The van der Waals surface area contributed by atoms with Gasteiger partial charge in [-0.3, -0.25) is 9.48 Å². The summed E-state index contributed by atoms with van der Waals surface area (Å²) in [5.41, 5.74) is 3.09. The number of aromatic nitrogens is 2. The second kappa shape index (κ2) is 6.54. The van der Waals surface area contributed by atoms with E-state index in [1.165, 1.54) is 11.3 Å². The van der Waals surface area contributed by atoms with E-state index < -0.39 is 0 Å². The maximum absolute atomic E-state index is 12.4. The summed E-state index contributed by atoms with van der Waals surface area (Å²) in [5, 5.41) is 4.53. The van der Waals surface area contributed by atoms with Crippen LogP contribution in [0.1, 0.15) is 40.5 Å². The number of thiophene rings is 1. The van der Waals surface area contributed by atoms with Crippen LogP contribution in [0.15, 0.2) is 14.3 Å². The van der Waals surface area contributed by atoms with Crippen LogP contribution in [0.5, 0.6) is 0 Å². The predicted molar refractivity (Wildman–Crippen MR) is 89.8 cm³/mol. The molecular weight excluding hydrogens is 404 g/mol. The van der Waals surface area contributed by atoms with Gasteiger partial charge in [0.1, 0.15) is 0 Å². The molecule has 0 aliphatic carbocycles. The fourth-order valence-electron chi connectivity index (χ4n) is 2.02. The van der Waals surface area contributed by atoms with Crippen LogP contribution in [-0.4, -0.2) is 15.6 Å². The molecule has 0 radical (unpaired) electrons. The smallest absolute Gasteiger partial charge is 0.178 e. The molecule has 2 aromatic rings. The van der Waals surface area contributed by atoms with Gasteiger partial charge in [0.05, 0.1) is 30.9 Å². The molecule has 0 bridgehead atoms. The lowest BCUT2D eigenvalue weighted by Crippen LogP contribution is -2.09. The molecule has 0 unspecified atom stereocenters. The van der Waals surface area contributed by atoms with Crippen molar-refractivity contribution in [2.75, 3.05) is 0 Å². The van der Waals surface area contributed by atoms with Gasteiger partial charge in [0, 0.05) is 6.54 Å². The van der Waals surface area contributed by atoms with Gasteiger partial charge in [-0.25, -0.2) is 0 Å². The molecule has 0 atom stereocenters. The van der Waals surface area contributed by atoms with Gasteiger partial charge in [-0.2, -0.15) is 5.10 Å². The first-order valence-electron chi connectivity index (χ1n) is 6.51. The molecule has 6 heteroatoms. The Labute approximate surface area is 139 Å². The molecule has 2 rings (SSSR count). The van der Waals surface area contributed by atoms with Crippen LogP contribution in [0, 0.1) is 6.92 Å². The second-order valence-electron chi connectivity index (χ2n) is 4.54. The SMILES string of the molecule is CCc1nn(CC)c(CC(=O)c2cc(C)c(Br)s2)c1Br. The monoisotopic (exact) mass is 418 g/mol. The van der Waals surface area contributed by atoms with Crippen LogP contribution >= 0.6 is 43.2 Å². The minimum Gasteiger partial charge on any atom is -0.293 e. The lowest BCUT2D eigenvalue weighted by atomic mass is 10.1. The summed E-state index contributed by atoms with van der Waals surface area (Å²) >= 11 is 8.55. The van der Waals surface area contributed by atoms with Gasteiger partial charge in [0.2, 0.25) is 0 Å². The number of ketones is 1. The van der Waals surface area contributed by atoms with Gasteiger partial charge in [-0.1, -0.05) is 6.92 Å². The molecule has 0 aromatic carbocycles. The van der Waals surface area contributed by atoms with Crippen LogP contribution in [0.2, 0.25) is 0 Å². The van der Waals surface area contributed by atoms with Crippen molar-refractivity contribution < 1.29 is 4.79 Å². The minimum atomic E-state index is 0.141. The number of Topliss-reactive ketones (excluding diaryl/α,β-unsaturated/α-hetero) is 1. The first kappa shape index (κ1) is 15.9. The van der Waals surface area contributed by atoms with E-state index in [0.717, 1.165) is 43.1 Å². The van der Waals surface area contributed by atoms with E-state index in [2.05, 4.69) is 43.9 Å². The maximum Gasteiger partial charge on any atom is 0.178 e. The summed E-state index contributed by atoms with van der Waals surface area (Å²) in [6.45, 7) is 6.88. The highest BCUT2D eigenvalue weighted by molar-refractivity contribution is 9.11. The van der Waals surface area contributed by atoms with Gasteiger partial charge in [-0.15, -0.1) is 11.3 Å². The van der Waals surface area contributed by atoms with Crippen LogP contribution in [0.25, 0.3) is 0 Å². The lowest BCUT2D eigenvalue weighted by Gasteiger charge is -2.03. The summed E-state index contributed by atoms with van der Waals surface area (Å²) in [6.07, 6.45) is 1.24. The molecule has 0 saturated carbocycles. The van der Waals surface area contributed by atoms with Crippen molar-refractivity contribution in [1.82, 2.24) is 9.78 Å². The zero-order valence-electron chi connectivity index (χ0n) is 11.7. The molecule has 0 spiro atoms. The van der Waals surface area contributed by atoms with Crippen molar-refractivity contribution in [3.63, 3.8) is 0 Å². The van der Waals surface area contributed by atoms with Crippen molar-refractivity contribution in [2.45, 2.75) is 40.2 Å². The molecule has 108 valence electrons. The molecule has 0 N–H and O–H groups in total. The molecule has 2 aromatic heterocycles. The van der Waals surface area contributed by atoms with E-state index >= 15 is 0 Å². The number of nitrogens with zero attached hydrogens (tertiary/aromatic N) is 2. The number of halogens is 2. The molecule has 0 saturated heterocycles. The van der Waals surface area contributed by atoms with Gasteiger partial charge in [0.25, 0.3) is 0 Å². The number of carbonyl (C=O) groups is 1.